The Labute approximate surface area is 111 Å². The molecule has 0 radical (unpaired) electrons. The summed E-state index contributed by atoms with van der Waals surface area (Å²) in [4.78, 5) is 0. The van der Waals surface area contributed by atoms with Crippen LogP contribution in [0.5, 0.6) is 0 Å². The van der Waals surface area contributed by atoms with Gasteiger partial charge >= 0.3 is 0 Å². The highest BCUT2D eigenvalue weighted by atomic mass is 14.6. The van der Waals surface area contributed by atoms with Crippen LogP contribution < -0.4 is 0 Å². The fraction of sp³-hybridized carbons (Fsp3) is 1.00. The maximum Gasteiger partial charge on any atom is -0.0249 e. The van der Waals surface area contributed by atoms with Gasteiger partial charge in [0.25, 0.3) is 0 Å². The first-order chi connectivity index (χ1) is 7.22. The summed E-state index contributed by atoms with van der Waals surface area (Å²) in [5, 5.41) is 0. The van der Waals surface area contributed by atoms with Gasteiger partial charge in [-0.25, -0.2) is 0 Å². The molecule has 0 N–H and O–H groups in total. The average molecular weight is 240 g/mol. The zero-order chi connectivity index (χ0) is 14.3. The Morgan fingerprint density at radius 3 is 1.35 bits per heavy atom. The van der Waals surface area contributed by atoms with E-state index in [1.807, 2.05) is 0 Å². The largest absolute Gasteiger partial charge is 0.0649 e. The molecule has 0 aromatic carbocycles. The third-order valence-corrected chi connectivity index (χ3v) is 6.57. The first kappa shape index (κ1) is 17.0. The number of hydrogen-bond donors (Lipinski definition) is 0. The molecule has 0 aliphatic rings. The van der Waals surface area contributed by atoms with Crippen molar-refractivity contribution in [2.24, 2.45) is 27.6 Å². The van der Waals surface area contributed by atoms with Crippen molar-refractivity contribution in [2.75, 3.05) is 0 Å². The molecule has 0 aromatic heterocycles. The second-order valence-corrected chi connectivity index (χ2v) is 8.67. The second-order valence-electron chi connectivity index (χ2n) is 8.67. The summed E-state index contributed by atoms with van der Waals surface area (Å²) >= 11 is 0. The zero-order valence-corrected chi connectivity index (χ0v) is 14.3. The van der Waals surface area contributed by atoms with Crippen LogP contribution in [0.3, 0.4) is 0 Å². The zero-order valence-electron chi connectivity index (χ0n) is 14.3. The molecule has 0 saturated carbocycles. The quantitative estimate of drug-likeness (QED) is 0.552. The van der Waals surface area contributed by atoms with Gasteiger partial charge in [-0.05, 0) is 27.6 Å². The van der Waals surface area contributed by atoms with Crippen molar-refractivity contribution in [2.45, 2.75) is 82.6 Å². The second kappa shape index (κ2) is 4.59. The molecule has 0 saturated heterocycles. The van der Waals surface area contributed by atoms with Gasteiger partial charge in [-0.1, -0.05) is 82.6 Å². The minimum Gasteiger partial charge on any atom is -0.0649 e. The lowest BCUT2D eigenvalue weighted by Gasteiger charge is -2.57. The molecule has 104 valence electrons. The molecule has 0 heteroatoms. The molecule has 0 bridgehead atoms. The molecule has 0 rings (SSSR count). The third kappa shape index (κ3) is 2.88. The van der Waals surface area contributed by atoms with E-state index in [1.165, 1.54) is 6.42 Å². The maximum absolute atomic E-state index is 2.46. The van der Waals surface area contributed by atoms with Crippen molar-refractivity contribution < 1.29 is 0 Å². The lowest BCUT2D eigenvalue weighted by Crippen LogP contribution is -2.50. The fourth-order valence-electron chi connectivity index (χ4n) is 2.94. The van der Waals surface area contributed by atoms with Gasteiger partial charge in [0.2, 0.25) is 0 Å². The van der Waals surface area contributed by atoms with Gasteiger partial charge in [-0.2, -0.15) is 0 Å². The molecular weight excluding hydrogens is 204 g/mol. The van der Waals surface area contributed by atoms with E-state index < -0.39 is 0 Å². The summed E-state index contributed by atoms with van der Waals surface area (Å²) in [6.45, 7) is 26.5. The number of hydrogen-bond acceptors (Lipinski definition) is 0. The van der Waals surface area contributed by atoms with E-state index in [1.54, 1.807) is 0 Å². The lowest BCUT2D eigenvalue weighted by atomic mass is 9.48. The molecule has 0 spiro atoms. The van der Waals surface area contributed by atoms with E-state index in [4.69, 9.17) is 0 Å². The van der Waals surface area contributed by atoms with Crippen LogP contribution in [0.15, 0.2) is 0 Å². The van der Waals surface area contributed by atoms with Crippen molar-refractivity contribution in [1.82, 2.24) is 0 Å². The summed E-state index contributed by atoms with van der Waals surface area (Å²) < 4.78 is 0. The summed E-state index contributed by atoms with van der Waals surface area (Å²) in [5.41, 5.74) is 1.38. The summed E-state index contributed by atoms with van der Waals surface area (Å²) in [5.74, 6) is 0.691. The normalized spacial score (nSPS) is 17.1. The molecule has 0 nitrogen and oxygen atoms in total. The van der Waals surface area contributed by atoms with Crippen LogP contribution in [0.1, 0.15) is 82.6 Å². The van der Waals surface area contributed by atoms with Crippen LogP contribution >= 0.6 is 0 Å². The Morgan fingerprint density at radius 2 is 1.12 bits per heavy atom. The van der Waals surface area contributed by atoms with E-state index in [0.717, 1.165) is 0 Å². The SMILES string of the molecule is CCC(C)(C)C(C)(C)C(C)(C)C(C)C(C)(C)C. The van der Waals surface area contributed by atoms with Gasteiger partial charge in [0.05, 0.1) is 0 Å². The van der Waals surface area contributed by atoms with Crippen molar-refractivity contribution >= 4 is 0 Å². The summed E-state index contributed by atoms with van der Waals surface area (Å²) in [6.07, 6.45) is 1.24. The van der Waals surface area contributed by atoms with Crippen LogP contribution in [0.4, 0.5) is 0 Å². The van der Waals surface area contributed by atoms with Gasteiger partial charge in [-0.15, -0.1) is 0 Å². The maximum atomic E-state index is 2.46. The Hall–Kier alpha value is 0. The first-order valence-corrected chi connectivity index (χ1v) is 7.22. The lowest BCUT2D eigenvalue weighted by molar-refractivity contribution is -0.0837. The van der Waals surface area contributed by atoms with Gasteiger partial charge < -0.3 is 0 Å². The molecule has 0 amide bonds. The highest BCUT2D eigenvalue weighted by molar-refractivity contribution is 5.00. The van der Waals surface area contributed by atoms with Crippen LogP contribution in [0.2, 0.25) is 0 Å². The van der Waals surface area contributed by atoms with E-state index in [2.05, 4.69) is 76.2 Å². The minimum atomic E-state index is 0.321. The minimum absolute atomic E-state index is 0.321. The van der Waals surface area contributed by atoms with Crippen molar-refractivity contribution in [3.05, 3.63) is 0 Å². The highest BCUT2D eigenvalue weighted by Gasteiger charge is 2.51. The predicted octanol–water partition coefficient (Wildman–Crippen LogP) is 6.16. The molecule has 1 atom stereocenters. The Morgan fingerprint density at radius 1 is 0.765 bits per heavy atom. The molecule has 1 unspecified atom stereocenters. The molecule has 17 heavy (non-hydrogen) atoms. The standard InChI is InChI=1S/C17H36/c1-12-15(6,7)17(10,11)16(8,9)13(2)14(3,4)5/h13H,12H2,1-11H3. The molecule has 0 aliphatic carbocycles. The van der Waals surface area contributed by atoms with Gasteiger partial charge in [0.1, 0.15) is 0 Å². The van der Waals surface area contributed by atoms with E-state index >= 15 is 0 Å². The van der Waals surface area contributed by atoms with Crippen LogP contribution in [0, 0.1) is 27.6 Å². The van der Waals surface area contributed by atoms with Gasteiger partial charge in [0, 0.05) is 0 Å². The van der Waals surface area contributed by atoms with Crippen molar-refractivity contribution in [1.29, 1.82) is 0 Å². The summed E-state index contributed by atoms with van der Waals surface area (Å²) in [6, 6.07) is 0. The van der Waals surface area contributed by atoms with E-state index in [9.17, 15) is 0 Å². The average Bonchev–Trinajstić information content (AvgIpc) is 2.14. The molecule has 0 fully saturated rings. The first-order valence-electron chi connectivity index (χ1n) is 7.22. The molecule has 0 aliphatic heterocycles. The van der Waals surface area contributed by atoms with E-state index in [-0.39, 0.29) is 0 Å². The highest BCUT2D eigenvalue weighted by Crippen LogP contribution is 2.58. The molecule has 0 aromatic rings. The fourth-order valence-corrected chi connectivity index (χ4v) is 2.94. The predicted molar refractivity (Wildman–Crippen MR) is 80.3 cm³/mol. The Kier molecular flexibility index (Phi) is 4.59. The monoisotopic (exact) mass is 240 g/mol. The Bertz CT molecular complexity index is 248. The van der Waals surface area contributed by atoms with Crippen molar-refractivity contribution in [3.8, 4) is 0 Å². The van der Waals surface area contributed by atoms with E-state index in [0.29, 0.717) is 27.6 Å². The Balaban J connectivity index is 5.45. The summed E-state index contributed by atoms with van der Waals surface area (Å²) in [7, 11) is 0. The smallest absolute Gasteiger partial charge is 0.0249 e. The number of rotatable bonds is 4. The molecular formula is C17H36. The van der Waals surface area contributed by atoms with Crippen LogP contribution in [-0.4, -0.2) is 0 Å². The van der Waals surface area contributed by atoms with Gasteiger partial charge in [-0.3, -0.25) is 0 Å². The van der Waals surface area contributed by atoms with Crippen LogP contribution in [-0.2, 0) is 0 Å². The van der Waals surface area contributed by atoms with Crippen molar-refractivity contribution in [3.63, 3.8) is 0 Å². The topological polar surface area (TPSA) is 0 Å². The van der Waals surface area contributed by atoms with Crippen LogP contribution in [0.25, 0.3) is 0 Å². The molecule has 0 heterocycles. The van der Waals surface area contributed by atoms with Gasteiger partial charge in [0.15, 0.2) is 0 Å². The third-order valence-electron chi connectivity index (χ3n) is 6.57.